The minimum Gasteiger partial charge on any atom is -0.497 e. The van der Waals surface area contributed by atoms with Gasteiger partial charge in [0.2, 0.25) is 11.8 Å². The highest BCUT2D eigenvalue weighted by atomic mass is 19.1. The van der Waals surface area contributed by atoms with Gasteiger partial charge < -0.3 is 14.5 Å². The molecule has 0 bridgehead atoms. The number of hydrogen-bond acceptors (Lipinski definition) is 3. The summed E-state index contributed by atoms with van der Waals surface area (Å²) in [6, 6.07) is 13.5. The van der Waals surface area contributed by atoms with Gasteiger partial charge in [-0.2, -0.15) is 0 Å². The van der Waals surface area contributed by atoms with Crippen molar-refractivity contribution in [1.82, 2.24) is 9.80 Å². The predicted octanol–water partition coefficient (Wildman–Crippen LogP) is 2.68. The van der Waals surface area contributed by atoms with E-state index in [4.69, 9.17) is 4.74 Å². The fraction of sp³-hybridized carbons (Fsp3) is 0.364. The monoisotopic (exact) mass is 384 g/mol. The van der Waals surface area contributed by atoms with E-state index in [1.807, 2.05) is 29.2 Å². The van der Waals surface area contributed by atoms with Crippen LogP contribution in [0.25, 0.3) is 0 Å². The minimum atomic E-state index is -0.308. The van der Waals surface area contributed by atoms with Gasteiger partial charge in [0.1, 0.15) is 11.6 Å². The first-order valence-electron chi connectivity index (χ1n) is 9.48. The number of methoxy groups -OCH3 is 1. The summed E-state index contributed by atoms with van der Waals surface area (Å²) in [5, 5.41) is 0. The predicted molar refractivity (Wildman–Crippen MR) is 105 cm³/mol. The topological polar surface area (TPSA) is 49.9 Å². The van der Waals surface area contributed by atoms with Crippen molar-refractivity contribution in [2.45, 2.75) is 19.3 Å². The highest BCUT2D eigenvalue weighted by Gasteiger charge is 2.22. The van der Waals surface area contributed by atoms with Gasteiger partial charge in [-0.25, -0.2) is 4.39 Å². The van der Waals surface area contributed by atoms with Gasteiger partial charge >= 0.3 is 0 Å². The Hall–Kier alpha value is -2.89. The molecule has 0 unspecified atom stereocenters. The molecule has 5 nitrogen and oxygen atoms in total. The molecule has 1 heterocycles. The maximum Gasteiger partial charge on any atom is 0.227 e. The Balaban J connectivity index is 1.52. The Kier molecular flexibility index (Phi) is 6.63. The zero-order chi connectivity index (χ0) is 19.9. The van der Waals surface area contributed by atoms with Crippen LogP contribution in [0.4, 0.5) is 4.39 Å². The second-order valence-corrected chi connectivity index (χ2v) is 6.94. The molecule has 1 fully saturated rings. The van der Waals surface area contributed by atoms with Crippen molar-refractivity contribution in [3.63, 3.8) is 0 Å². The van der Waals surface area contributed by atoms with E-state index >= 15 is 0 Å². The average molecular weight is 384 g/mol. The zero-order valence-corrected chi connectivity index (χ0v) is 16.1. The van der Waals surface area contributed by atoms with E-state index in [-0.39, 0.29) is 24.1 Å². The maximum atomic E-state index is 13.0. The van der Waals surface area contributed by atoms with Crippen molar-refractivity contribution in [2.75, 3.05) is 33.3 Å². The lowest BCUT2D eigenvalue weighted by molar-refractivity contribution is -0.132. The lowest BCUT2D eigenvalue weighted by Crippen LogP contribution is -2.38. The van der Waals surface area contributed by atoms with Crippen molar-refractivity contribution in [3.05, 3.63) is 65.5 Å². The maximum absolute atomic E-state index is 13.0. The smallest absolute Gasteiger partial charge is 0.227 e. The summed E-state index contributed by atoms with van der Waals surface area (Å²) in [5.74, 6) is 0.535. The summed E-state index contributed by atoms with van der Waals surface area (Å²) >= 11 is 0. The van der Waals surface area contributed by atoms with E-state index in [0.717, 1.165) is 23.3 Å². The van der Waals surface area contributed by atoms with E-state index < -0.39 is 0 Å². The number of amides is 2. The molecule has 3 rings (SSSR count). The molecular formula is C22H25FN2O3. The van der Waals surface area contributed by atoms with Gasteiger partial charge in [-0.1, -0.05) is 24.3 Å². The number of nitrogens with zero attached hydrogens (tertiary/aromatic N) is 2. The van der Waals surface area contributed by atoms with E-state index in [0.29, 0.717) is 32.6 Å². The summed E-state index contributed by atoms with van der Waals surface area (Å²) in [7, 11) is 1.61. The molecule has 2 aromatic carbocycles. The molecule has 0 spiro atoms. The average Bonchev–Trinajstić information content (AvgIpc) is 2.97. The van der Waals surface area contributed by atoms with Crippen molar-refractivity contribution in [3.8, 4) is 5.75 Å². The highest BCUT2D eigenvalue weighted by Crippen LogP contribution is 2.14. The number of carbonyl (C=O) groups is 2. The molecule has 1 aliphatic rings. The van der Waals surface area contributed by atoms with E-state index in [1.54, 1.807) is 24.1 Å². The summed E-state index contributed by atoms with van der Waals surface area (Å²) in [5.41, 5.74) is 1.74. The van der Waals surface area contributed by atoms with Crippen LogP contribution in [0.2, 0.25) is 0 Å². The number of rotatable bonds is 5. The van der Waals surface area contributed by atoms with Crippen LogP contribution >= 0.6 is 0 Å². The minimum absolute atomic E-state index is 0.0102. The van der Waals surface area contributed by atoms with E-state index in [9.17, 15) is 14.0 Å². The van der Waals surface area contributed by atoms with Crippen LogP contribution in [-0.2, 0) is 22.4 Å². The fourth-order valence-electron chi connectivity index (χ4n) is 3.33. The lowest BCUT2D eigenvalue weighted by Gasteiger charge is -2.22. The largest absolute Gasteiger partial charge is 0.497 e. The van der Waals surface area contributed by atoms with Crippen molar-refractivity contribution in [1.29, 1.82) is 0 Å². The van der Waals surface area contributed by atoms with Gasteiger partial charge in [-0.15, -0.1) is 0 Å². The van der Waals surface area contributed by atoms with Gasteiger partial charge in [0.15, 0.2) is 0 Å². The number of benzene rings is 2. The molecule has 6 heteroatoms. The van der Waals surface area contributed by atoms with Crippen LogP contribution in [0.1, 0.15) is 17.5 Å². The molecule has 0 aromatic heterocycles. The van der Waals surface area contributed by atoms with Crippen LogP contribution in [0.5, 0.6) is 5.75 Å². The standard InChI is InChI=1S/C22H25FN2O3/c1-28-20-9-5-18(6-10-20)16-22(27)25-12-2-11-24(13-14-25)21(26)15-17-3-7-19(23)8-4-17/h3-10H,2,11-16H2,1H3. The number of carbonyl (C=O) groups excluding carboxylic acids is 2. The van der Waals surface area contributed by atoms with Crippen LogP contribution in [0, 0.1) is 5.82 Å². The molecule has 0 atom stereocenters. The first kappa shape index (κ1) is 19.9. The van der Waals surface area contributed by atoms with Gasteiger partial charge in [0, 0.05) is 26.2 Å². The van der Waals surface area contributed by atoms with Gasteiger partial charge in [-0.05, 0) is 41.8 Å². The third-order valence-corrected chi connectivity index (χ3v) is 4.98. The first-order chi connectivity index (χ1) is 13.5. The third kappa shape index (κ3) is 5.31. The van der Waals surface area contributed by atoms with Crippen molar-refractivity contribution in [2.24, 2.45) is 0 Å². The van der Waals surface area contributed by atoms with E-state index in [2.05, 4.69) is 0 Å². The second-order valence-electron chi connectivity index (χ2n) is 6.94. The molecule has 1 aliphatic heterocycles. The third-order valence-electron chi connectivity index (χ3n) is 4.98. The molecule has 2 aromatic rings. The Morgan fingerprint density at radius 2 is 1.29 bits per heavy atom. The molecule has 0 radical (unpaired) electrons. The highest BCUT2D eigenvalue weighted by molar-refractivity contribution is 5.80. The molecule has 0 saturated carbocycles. The second kappa shape index (κ2) is 9.35. The van der Waals surface area contributed by atoms with Crippen LogP contribution < -0.4 is 4.74 Å². The summed E-state index contributed by atoms with van der Waals surface area (Å²) in [6.45, 7) is 2.33. The van der Waals surface area contributed by atoms with Crippen LogP contribution in [-0.4, -0.2) is 54.9 Å². The molecule has 148 valence electrons. The van der Waals surface area contributed by atoms with Crippen molar-refractivity contribution >= 4 is 11.8 Å². The molecule has 1 saturated heterocycles. The molecular weight excluding hydrogens is 359 g/mol. The normalized spacial score (nSPS) is 14.5. The van der Waals surface area contributed by atoms with Crippen LogP contribution in [0.15, 0.2) is 48.5 Å². The SMILES string of the molecule is COc1ccc(CC(=O)N2CCCN(C(=O)Cc3ccc(F)cc3)CC2)cc1. The lowest BCUT2D eigenvalue weighted by atomic mass is 10.1. The Morgan fingerprint density at radius 3 is 1.75 bits per heavy atom. The Labute approximate surface area is 164 Å². The van der Waals surface area contributed by atoms with Gasteiger partial charge in [0.05, 0.1) is 20.0 Å². The Morgan fingerprint density at radius 1 is 0.821 bits per heavy atom. The number of ether oxygens (including phenoxy) is 1. The molecule has 0 N–H and O–H groups in total. The summed E-state index contributed by atoms with van der Waals surface area (Å²) < 4.78 is 18.1. The van der Waals surface area contributed by atoms with E-state index in [1.165, 1.54) is 12.1 Å². The summed E-state index contributed by atoms with van der Waals surface area (Å²) in [6.07, 6.45) is 1.34. The number of hydrogen-bond donors (Lipinski definition) is 0. The molecule has 28 heavy (non-hydrogen) atoms. The number of halogens is 1. The quantitative estimate of drug-likeness (QED) is 0.796. The fourth-order valence-corrected chi connectivity index (χ4v) is 3.33. The first-order valence-corrected chi connectivity index (χ1v) is 9.48. The Bertz CT molecular complexity index is 806. The zero-order valence-electron chi connectivity index (χ0n) is 16.1. The summed E-state index contributed by atoms with van der Waals surface area (Å²) in [4.78, 5) is 28.8. The molecule has 2 amide bonds. The molecule has 0 aliphatic carbocycles. The van der Waals surface area contributed by atoms with Gasteiger partial charge in [0.25, 0.3) is 0 Å². The van der Waals surface area contributed by atoms with Gasteiger partial charge in [-0.3, -0.25) is 9.59 Å². The van der Waals surface area contributed by atoms with Crippen LogP contribution in [0.3, 0.4) is 0 Å². The van der Waals surface area contributed by atoms with Crippen molar-refractivity contribution < 1.29 is 18.7 Å².